The molecule has 0 unspecified atom stereocenters. The second-order valence-corrected chi connectivity index (χ2v) is 6.95. The fraction of sp³-hybridized carbons (Fsp3) is 0.217. The zero-order valence-corrected chi connectivity index (χ0v) is 19.5. The summed E-state index contributed by atoms with van der Waals surface area (Å²) in [6.45, 7) is 2.11. The summed E-state index contributed by atoms with van der Waals surface area (Å²) in [6.07, 6.45) is 1.80. The van der Waals surface area contributed by atoms with Crippen LogP contribution in [0.15, 0.2) is 76.6 Å². The number of aliphatic imine (C=N–C) groups is 1. The van der Waals surface area contributed by atoms with Gasteiger partial charge in [-0.05, 0) is 34.9 Å². The first-order valence-corrected chi connectivity index (χ1v) is 9.77. The van der Waals surface area contributed by atoms with Gasteiger partial charge in [0.1, 0.15) is 0 Å². The van der Waals surface area contributed by atoms with Gasteiger partial charge in [0.2, 0.25) is 6.79 Å². The van der Waals surface area contributed by atoms with Gasteiger partial charge in [0, 0.05) is 32.4 Å². The molecule has 2 N–H and O–H groups in total. The molecular weight excluding hydrogens is 507 g/mol. The third-order valence-electron chi connectivity index (χ3n) is 4.86. The Morgan fingerprint density at radius 1 is 0.935 bits per heavy atom. The van der Waals surface area contributed by atoms with Crippen molar-refractivity contribution in [2.75, 3.05) is 13.8 Å². The lowest BCUT2D eigenvalue weighted by Gasteiger charge is -2.13. The van der Waals surface area contributed by atoms with Crippen LogP contribution in [0.1, 0.15) is 16.7 Å². The summed E-state index contributed by atoms with van der Waals surface area (Å²) in [6, 6.07) is 19.3. The molecule has 0 saturated heterocycles. The number of nitrogens with zero attached hydrogens (tertiary/aromatic N) is 2. The maximum absolute atomic E-state index is 11.8. The quantitative estimate of drug-likeness (QED) is 0.290. The monoisotopic (exact) mass is 532 g/mol. The standard InChI is InChI=1S/C23H24N4O3.HI/c1-24-23(26-14-19-9-10-20-21(12-19)30-16-29-20)25-13-17-5-7-18(8-6-17)15-27-11-3-2-4-22(27)28;/h2-12H,13-16H2,1H3,(H2,24,25,26);1H. The van der Waals surface area contributed by atoms with Crippen molar-refractivity contribution in [1.82, 2.24) is 15.2 Å². The van der Waals surface area contributed by atoms with Gasteiger partial charge in [-0.25, -0.2) is 0 Å². The van der Waals surface area contributed by atoms with Crippen LogP contribution in [0.5, 0.6) is 11.5 Å². The fourth-order valence-corrected chi connectivity index (χ4v) is 3.19. The van der Waals surface area contributed by atoms with Crippen molar-refractivity contribution in [3.8, 4) is 11.5 Å². The van der Waals surface area contributed by atoms with Gasteiger partial charge in [0.15, 0.2) is 17.5 Å². The average molecular weight is 532 g/mol. The normalized spacial score (nSPS) is 12.2. The van der Waals surface area contributed by atoms with Crippen LogP contribution in [-0.4, -0.2) is 24.4 Å². The maximum atomic E-state index is 11.8. The van der Waals surface area contributed by atoms with E-state index >= 15 is 0 Å². The second-order valence-electron chi connectivity index (χ2n) is 6.95. The summed E-state index contributed by atoms with van der Waals surface area (Å²) in [5.74, 6) is 2.27. The van der Waals surface area contributed by atoms with Crippen molar-refractivity contribution in [3.05, 3.63) is 93.9 Å². The minimum absolute atomic E-state index is 0. The van der Waals surface area contributed by atoms with Crippen LogP contribution < -0.4 is 25.7 Å². The van der Waals surface area contributed by atoms with Gasteiger partial charge in [-0.15, -0.1) is 24.0 Å². The molecule has 4 rings (SSSR count). The molecule has 0 aliphatic carbocycles. The molecule has 1 aliphatic rings. The van der Waals surface area contributed by atoms with E-state index in [9.17, 15) is 4.79 Å². The highest BCUT2D eigenvalue weighted by molar-refractivity contribution is 14.0. The van der Waals surface area contributed by atoms with Gasteiger partial charge >= 0.3 is 0 Å². The van der Waals surface area contributed by atoms with Crippen LogP contribution >= 0.6 is 24.0 Å². The number of rotatable bonds is 6. The lowest BCUT2D eigenvalue weighted by molar-refractivity contribution is 0.174. The molecule has 0 fully saturated rings. The summed E-state index contributed by atoms with van der Waals surface area (Å²) in [5, 5.41) is 6.62. The lowest BCUT2D eigenvalue weighted by atomic mass is 10.1. The summed E-state index contributed by atoms with van der Waals surface area (Å²) in [7, 11) is 1.75. The highest BCUT2D eigenvalue weighted by Gasteiger charge is 2.13. The van der Waals surface area contributed by atoms with E-state index in [4.69, 9.17) is 9.47 Å². The highest BCUT2D eigenvalue weighted by atomic mass is 127. The topological polar surface area (TPSA) is 76.9 Å². The third-order valence-corrected chi connectivity index (χ3v) is 4.86. The Balaban J connectivity index is 0.00000272. The number of pyridine rings is 1. The molecule has 162 valence electrons. The minimum Gasteiger partial charge on any atom is -0.454 e. The zero-order chi connectivity index (χ0) is 20.8. The molecule has 0 radical (unpaired) electrons. The van der Waals surface area contributed by atoms with Crippen molar-refractivity contribution in [2.45, 2.75) is 19.6 Å². The third kappa shape index (κ3) is 6.00. The predicted octanol–water partition coefficient (Wildman–Crippen LogP) is 3.11. The summed E-state index contributed by atoms with van der Waals surface area (Å²) in [5.41, 5.74) is 3.30. The number of ether oxygens (including phenoxy) is 2. The summed E-state index contributed by atoms with van der Waals surface area (Å²) in [4.78, 5) is 16.1. The second kappa shape index (κ2) is 10.9. The molecule has 3 aromatic rings. The Morgan fingerprint density at radius 3 is 2.35 bits per heavy atom. The van der Waals surface area contributed by atoms with Gasteiger partial charge in [-0.1, -0.05) is 36.4 Å². The van der Waals surface area contributed by atoms with E-state index in [0.29, 0.717) is 25.6 Å². The van der Waals surface area contributed by atoms with Crippen LogP contribution in [0.25, 0.3) is 0 Å². The van der Waals surface area contributed by atoms with Crippen LogP contribution in [-0.2, 0) is 19.6 Å². The van der Waals surface area contributed by atoms with Gasteiger partial charge in [-0.3, -0.25) is 9.79 Å². The fourth-order valence-electron chi connectivity index (χ4n) is 3.19. The van der Waals surface area contributed by atoms with E-state index in [1.54, 1.807) is 29.9 Å². The van der Waals surface area contributed by atoms with Crippen molar-refractivity contribution in [3.63, 3.8) is 0 Å². The maximum Gasteiger partial charge on any atom is 0.250 e. The van der Waals surface area contributed by atoms with E-state index in [2.05, 4.69) is 27.8 Å². The van der Waals surface area contributed by atoms with E-state index in [1.807, 2.05) is 36.4 Å². The number of nitrogens with one attached hydrogen (secondary N) is 2. The number of hydrogen-bond acceptors (Lipinski definition) is 4. The number of hydrogen-bond donors (Lipinski definition) is 2. The Labute approximate surface area is 198 Å². The SMILES string of the molecule is CN=C(NCc1ccc(Cn2ccccc2=O)cc1)NCc1ccc2c(c1)OCO2.I. The molecule has 2 heterocycles. The Hall–Kier alpha value is -3.01. The molecule has 0 atom stereocenters. The molecule has 0 spiro atoms. The Morgan fingerprint density at radius 2 is 1.61 bits per heavy atom. The molecule has 7 nitrogen and oxygen atoms in total. The molecule has 0 bridgehead atoms. The Bertz CT molecular complexity index is 1100. The molecule has 1 aromatic heterocycles. The van der Waals surface area contributed by atoms with Crippen molar-refractivity contribution in [2.24, 2.45) is 4.99 Å². The summed E-state index contributed by atoms with van der Waals surface area (Å²) < 4.78 is 12.4. The molecular formula is C23H25IN4O3. The van der Waals surface area contributed by atoms with E-state index in [-0.39, 0.29) is 36.3 Å². The highest BCUT2D eigenvalue weighted by Crippen LogP contribution is 2.32. The Kier molecular flexibility index (Phi) is 7.94. The van der Waals surface area contributed by atoms with E-state index in [1.165, 1.54) is 0 Å². The molecule has 31 heavy (non-hydrogen) atoms. The van der Waals surface area contributed by atoms with E-state index < -0.39 is 0 Å². The van der Waals surface area contributed by atoms with Gasteiger partial charge in [0.05, 0.1) is 6.54 Å². The smallest absolute Gasteiger partial charge is 0.250 e. The average Bonchev–Trinajstić information content (AvgIpc) is 3.24. The largest absolute Gasteiger partial charge is 0.454 e. The van der Waals surface area contributed by atoms with Crippen LogP contribution in [0.2, 0.25) is 0 Å². The molecule has 1 aliphatic heterocycles. The van der Waals surface area contributed by atoms with Crippen molar-refractivity contribution in [1.29, 1.82) is 0 Å². The molecule has 0 amide bonds. The molecule has 8 heteroatoms. The molecule has 2 aromatic carbocycles. The van der Waals surface area contributed by atoms with E-state index in [0.717, 1.165) is 28.2 Å². The van der Waals surface area contributed by atoms with Crippen LogP contribution in [0.3, 0.4) is 0 Å². The lowest BCUT2D eigenvalue weighted by Crippen LogP contribution is -2.36. The van der Waals surface area contributed by atoms with Gasteiger partial charge < -0.3 is 24.7 Å². The van der Waals surface area contributed by atoms with Crippen molar-refractivity contribution < 1.29 is 9.47 Å². The number of guanidine groups is 1. The van der Waals surface area contributed by atoms with Gasteiger partial charge in [-0.2, -0.15) is 0 Å². The molecule has 0 saturated carbocycles. The van der Waals surface area contributed by atoms with Crippen LogP contribution in [0.4, 0.5) is 0 Å². The van der Waals surface area contributed by atoms with Gasteiger partial charge in [0.25, 0.3) is 5.56 Å². The first-order chi connectivity index (χ1) is 14.7. The number of halogens is 1. The number of benzene rings is 2. The summed E-state index contributed by atoms with van der Waals surface area (Å²) >= 11 is 0. The first kappa shape index (κ1) is 22.7. The first-order valence-electron chi connectivity index (χ1n) is 9.77. The number of fused-ring (bicyclic) bond motifs is 1. The zero-order valence-electron chi connectivity index (χ0n) is 17.2. The number of aromatic nitrogens is 1. The van der Waals surface area contributed by atoms with Crippen LogP contribution in [0, 0.1) is 0 Å². The minimum atomic E-state index is 0. The van der Waals surface area contributed by atoms with Crippen molar-refractivity contribution >= 4 is 29.9 Å². The predicted molar refractivity (Wildman–Crippen MR) is 131 cm³/mol.